The molecule has 1 aromatic rings. The molecule has 6 nitrogen and oxygen atoms in total. The molecule has 0 aliphatic heterocycles. The van der Waals surface area contributed by atoms with Crippen LogP contribution in [0.3, 0.4) is 0 Å². The lowest BCUT2D eigenvalue weighted by molar-refractivity contribution is 0.0603. The van der Waals surface area contributed by atoms with Crippen molar-refractivity contribution >= 4 is 17.6 Å². The van der Waals surface area contributed by atoms with E-state index in [0.717, 1.165) is 12.8 Å². The molecule has 1 unspecified atom stereocenters. The normalized spacial score (nSPS) is 20.5. The number of carbonyl (C=O) groups excluding carboxylic acids is 1. The first-order chi connectivity index (χ1) is 10.1. The number of hydrogen-bond acceptors (Lipinski definition) is 5. The van der Waals surface area contributed by atoms with Crippen molar-refractivity contribution in [1.29, 1.82) is 0 Å². The summed E-state index contributed by atoms with van der Waals surface area (Å²) in [5, 5.41) is 7.95. The van der Waals surface area contributed by atoms with Gasteiger partial charge in [0.05, 0.1) is 13.2 Å². The van der Waals surface area contributed by atoms with E-state index in [4.69, 9.17) is 10.5 Å². The highest BCUT2D eigenvalue weighted by atomic mass is 16.5. The highest BCUT2D eigenvalue weighted by Gasteiger charge is 2.32. The molecule has 0 saturated heterocycles. The van der Waals surface area contributed by atoms with Crippen LogP contribution in [0.15, 0.2) is 0 Å². The molecule has 116 valence electrons. The molecule has 0 radical (unpaired) electrons. The molecule has 1 atom stereocenters. The Morgan fingerprint density at radius 2 is 2.05 bits per heavy atom. The van der Waals surface area contributed by atoms with Gasteiger partial charge >= 0.3 is 5.97 Å². The fourth-order valence-corrected chi connectivity index (χ4v) is 3.21. The summed E-state index contributed by atoms with van der Waals surface area (Å²) in [6.45, 7) is 2.13. The van der Waals surface area contributed by atoms with E-state index in [1.165, 1.54) is 32.8 Å². The summed E-state index contributed by atoms with van der Waals surface area (Å²) in [5.74, 6) is 1.26. The van der Waals surface area contributed by atoms with E-state index in [1.54, 1.807) is 0 Å². The Labute approximate surface area is 125 Å². The van der Waals surface area contributed by atoms with Crippen molar-refractivity contribution in [1.82, 2.24) is 9.78 Å². The van der Waals surface area contributed by atoms with E-state index in [2.05, 4.69) is 17.3 Å². The van der Waals surface area contributed by atoms with Crippen LogP contribution in [0.4, 0.5) is 11.6 Å². The van der Waals surface area contributed by atoms with Crippen LogP contribution in [0.2, 0.25) is 0 Å². The maximum atomic E-state index is 12.1. The lowest BCUT2D eigenvalue weighted by Gasteiger charge is -2.13. The number of nitrogens with one attached hydrogen (secondary N) is 1. The monoisotopic (exact) mass is 292 g/mol. The number of carbonyl (C=O) groups is 1. The summed E-state index contributed by atoms with van der Waals surface area (Å²) in [7, 11) is 1.38. The number of esters is 1. The van der Waals surface area contributed by atoms with E-state index in [9.17, 15) is 4.79 Å². The number of nitrogen functional groups attached to an aromatic ring is 1. The van der Waals surface area contributed by atoms with Gasteiger partial charge in [-0.1, -0.05) is 12.8 Å². The number of ether oxygens (including phenoxy) is 1. The second kappa shape index (κ2) is 5.58. The topological polar surface area (TPSA) is 82.2 Å². The van der Waals surface area contributed by atoms with Gasteiger partial charge in [0, 0.05) is 6.04 Å². The fourth-order valence-electron chi connectivity index (χ4n) is 3.21. The van der Waals surface area contributed by atoms with Gasteiger partial charge in [0.1, 0.15) is 11.4 Å². The van der Waals surface area contributed by atoms with Crippen LogP contribution in [0.1, 0.15) is 61.8 Å². The second-order valence-corrected chi connectivity index (χ2v) is 6.25. The average Bonchev–Trinajstić information content (AvgIpc) is 3.10. The van der Waals surface area contributed by atoms with Crippen molar-refractivity contribution in [3.8, 4) is 0 Å². The Kier molecular flexibility index (Phi) is 3.78. The first kappa shape index (κ1) is 14.2. The summed E-state index contributed by atoms with van der Waals surface area (Å²) in [6, 6.07) is 0.611. The Hall–Kier alpha value is -1.72. The van der Waals surface area contributed by atoms with Crippen LogP contribution < -0.4 is 11.1 Å². The Balaban J connectivity index is 1.91. The van der Waals surface area contributed by atoms with E-state index in [-0.39, 0.29) is 0 Å². The third-order valence-corrected chi connectivity index (χ3v) is 4.70. The van der Waals surface area contributed by atoms with Crippen molar-refractivity contribution in [3.63, 3.8) is 0 Å². The van der Waals surface area contributed by atoms with E-state index in [0.29, 0.717) is 35.2 Å². The molecule has 0 amide bonds. The molecule has 2 aliphatic rings. The van der Waals surface area contributed by atoms with E-state index < -0.39 is 5.97 Å². The Morgan fingerprint density at radius 3 is 2.62 bits per heavy atom. The molecule has 2 saturated carbocycles. The van der Waals surface area contributed by atoms with Gasteiger partial charge in [-0.3, -0.25) is 0 Å². The van der Waals surface area contributed by atoms with Crippen LogP contribution in [-0.4, -0.2) is 28.9 Å². The minimum Gasteiger partial charge on any atom is -0.465 e. The summed E-state index contributed by atoms with van der Waals surface area (Å²) in [4.78, 5) is 12.1. The molecule has 1 heterocycles. The van der Waals surface area contributed by atoms with Crippen molar-refractivity contribution in [3.05, 3.63) is 5.56 Å². The van der Waals surface area contributed by atoms with Gasteiger partial charge in [-0.15, -0.1) is 0 Å². The molecule has 0 spiro atoms. The number of nitrogens with zero attached hydrogens (tertiary/aromatic N) is 2. The summed E-state index contributed by atoms with van der Waals surface area (Å²) < 4.78 is 6.70. The van der Waals surface area contributed by atoms with Gasteiger partial charge in [0.25, 0.3) is 0 Å². The Bertz CT molecular complexity index is 530. The number of methoxy groups -OCH3 is 1. The third kappa shape index (κ3) is 2.71. The van der Waals surface area contributed by atoms with E-state index >= 15 is 0 Å². The standard InChI is InChI=1S/C15H24N4O2/c1-9(10-7-8-10)17-14-12(15(20)21-2)13(16)19(18-14)11-5-3-4-6-11/h9-11H,3-8,16H2,1-2H3,(H,17,18). The van der Waals surface area contributed by atoms with Gasteiger partial charge in [-0.25, -0.2) is 9.48 Å². The zero-order valence-electron chi connectivity index (χ0n) is 12.8. The van der Waals surface area contributed by atoms with Crippen LogP contribution >= 0.6 is 0 Å². The molecule has 21 heavy (non-hydrogen) atoms. The van der Waals surface area contributed by atoms with Crippen molar-refractivity contribution in [2.75, 3.05) is 18.2 Å². The maximum Gasteiger partial charge on any atom is 0.345 e. The van der Waals surface area contributed by atoms with Crippen molar-refractivity contribution < 1.29 is 9.53 Å². The predicted molar refractivity (Wildman–Crippen MR) is 81.3 cm³/mol. The minimum atomic E-state index is -0.415. The highest BCUT2D eigenvalue weighted by Crippen LogP contribution is 2.37. The lowest BCUT2D eigenvalue weighted by atomic mass is 10.2. The van der Waals surface area contributed by atoms with Crippen LogP contribution in [-0.2, 0) is 4.74 Å². The molecule has 2 aliphatic carbocycles. The molecule has 6 heteroatoms. The molecule has 1 aromatic heterocycles. The lowest BCUT2D eigenvalue weighted by Crippen LogP contribution is -2.19. The number of aromatic nitrogens is 2. The smallest absolute Gasteiger partial charge is 0.345 e. The first-order valence-electron chi connectivity index (χ1n) is 7.84. The van der Waals surface area contributed by atoms with Crippen LogP contribution in [0, 0.1) is 5.92 Å². The molecule has 0 aromatic carbocycles. The maximum absolute atomic E-state index is 12.1. The van der Waals surface area contributed by atoms with Gasteiger partial charge < -0.3 is 15.8 Å². The average molecular weight is 292 g/mol. The third-order valence-electron chi connectivity index (χ3n) is 4.70. The molecule has 0 bridgehead atoms. The number of hydrogen-bond donors (Lipinski definition) is 2. The second-order valence-electron chi connectivity index (χ2n) is 6.25. The minimum absolute atomic E-state index is 0.305. The predicted octanol–water partition coefficient (Wildman–Crippen LogP) is 2.58. The molecule has 3 N–H and O–H groups in total. The quantitative estimate of drug-likeness (QED) is 0.815. The molecular formula is C15H24N4O2. The van der Waals surface area contributed by atoms with Crippen LogP contribution in [0.5, 0.6) is 0 Å². The van der Waals surface area contributed by atoms with Crippen molar-refractivity contribution in [2.24, 2.45) is 5.92 Å². The summed E-state index contributed by atoms with van der Waals surface area (Å²) in [6.07, 6.45) is 7.01. The van der Waals surface area contributed by atoms with Crippen molar-refractivity contribution in [2.45, 2.75) is 57.5 Å². The molecule has 2 fully saturated rings. The SMILES string of the molecule is COC(=O)c1c(NC(C)C2CC2)nn(C2CCCC2)c1N. The van der Waals surface area contributed by atoms with Gasteiger partial charge in [-0.2, -0.15) is 5.10 Å². The highest BCUT2D eigenvalue weighted by molar-refractivity contribution is 5.99. The number of anilines is 2. The number of nitrogens with two attached hydrogens (primary N) is 1. The number of rotatable bonds is 5. The first-order valence-corrected chi connectivity index (χ1v) is 7.84. The molecular weight excluding hydrogens is 268 g/mol. The van der Waals surface area contributed by atoms with Gasteiger partial charge in [0.15, 0.2) is 5.82 Å². The summed E-state index contributed by atoms with van der Waals surface area (Å²) >= 11 is 0. The van der Waals surface area contributed by atoms with Gasteiger partial charge in [-0.05, 0) is 38.5 Å². The van der Waals surface area contributed by atoms with Crippen LogP contribution in [0.25, 0.3) is 0 Å². The van der Waals surface area contributed by atoms with E-state index in [1.807, 2.05) is 4.68 Å². The zero-order valence-corrected chi connectivity index (χ0v) is 12.8. The summed E-state index contributed by atoms with van der Waals surface area (Å²) in [5.41, 5.74) is 6.57. The molecule has 3 rings (SSSR count). The largest absolute Gasteiger partial charge is 0.465 e. The zero-order chi connectivity index (χ0) is 15.0. The Morgan fingerprint density at radius 1 is 1.38 bits per heavy atom. The van der Waals surface area contributed by atoms with Gasteiger partial charge in [0.2, 0.25) is 0 Å². The fraction of sp³-hybridized carbons (Fsp3) is 0.733.